The minimum Gasteiger partial charge on any atom is -0.410 e. The molecule has 0 saturated carbocycles. The molecule has 0 spiro atoms. The van der Waals surface area contributed by atoms with Crippen molar-refractivity contribution < 1.29 is 10.0 Å². The van der Waals surface area contributed by atoms with E-state index in [0.29, 0.717) is 17.2 Å². The zero-order valence-electron chi connectivity index (χ0n) is 11.2. The third-order valence-corrected chi connectivity index (χ3v) is 3.22. The second-order valence-electron chi connectivity index (χ2n) is 3.89. The van der Waals surface area contributed by atoms with Crippen LogP contribution in [0.3, 0.4) is 0 Å². The van der Waals surface area contributed by atoms with E-state index in [1.54, 1.807) is 24.3 Å². The van der Waals surface area contributed by atoms with Crippen LogP contribution in [0.1, 0.15) is 30.1 Å². The molecule has 0 atom stereocenters. The first-order valence-corrected chi connectivity index (χ1v) is 7.37. The summed E-state index contributed by atoms with van der Waals surface area (Å²) in [6.45, 7) is 2.71. The third-order valence-electron chi connectivity index (χ3n) is 2.51. The number of hydrogen-bond acceptors (Lipinski definition) is 5. The second kappa shape index (κ2) is 8.48. The Hall–Kier alpha value is -1.62. The standard InChI is InChI=1S/C14H18N2O2S/c1-3-4-10-15-14(19-2)12(16-18)13(17)11-8-6-5-7-9-11/h5-9,18H,3-4,10H2,1-2H3/b15-14?,16-12+. The van der Waals surface area contributed by atoms with Crippen LogP contribution in [0.4, 0.5) is 0 Å². The Balaban J connectivity index is 2.93. The summed E-state index contributed by atoms with van der Waals surface area (Å²) in [7, 11) is 0. The fourth-order valence-corrected chi connectivity index (χ4v) is 2.03. The van der Waals surface area contributed by atoms with E-state index < -0.39 is 0 Å². The summed E-state index contributed by atoms with van der Waals surface area (Å²) in [4.78, 5) is 16.5. The van der Waals surface area contributed by atoms with Crippen LogP contribution < -0.4 is 0 Å². The Bertz CT molecular complexity index is 470. The molecule has 0 bridgehead atoms. The predicted molar refractivity (Wildman–Crippen MR) is 80.7 cm³/mol. The van der Waals surface area contributed by atoms with Gasteiger partial charge >= 0.3 is 0 Å². The minimum absolute atomic E-state index is 0.00908. The molecule has 102 valence electrons. The first kappa shape index (κ1) is 15.4. The minimum atomic E-state index is -0.312. The van der Waals surface area contributed by atoms with Gasteiger partial charge in [-0.2, -0.15) is 0 Å². The number of ketones is 1. The lowest BCUT2D eigenvalue weighted by Gasteiger charge is -2.05. The molecule has 0 aliphatic heterocycles. The molecule has 5 heteroatoms. The molecule has 0 unspecified atom stereocenters. The summed E-state index contributed by atoms with van der Waals surface area (Å²) in [6, 6.07) is 8.76. The highest BCUT2D eigenvalue weighted by atomic mass is 32.2. The van der Waals surface area contributed by atoms with Crippen LogP contribution in [0, 0.1) is 0 Å². The number of unbranched alkanes of at least 4 members (excludes halogenated alkanes) is 1. The van der Waals surface area contributed by atoms with Crippen molar-refractivity contribution in [3.63, 3.8) is 0 Å². The number of oxime groups is 1. The van der Waals surface area contributed by atoms with Gasteiger partial charge in [-0.1, -0.05) is 48.8 Å². The molecule has 1 aromatic rings. The molecule has 1 N–H and O–H groups in total. The highest BCUT2D eigenvalue weighted by molar-refractivity contribution is 8.15. The predicted octanol–water partition coefficient (Wildman–Crippen LogP) is 3.26. The Morgan fingerprint density at radius 1 is 1.32 bits per heavy atom. The van der Waals surface area contributed by atoms with Gasteiger partial charge in [-0.15, -0.1) is 11.8 Å². The van der Waals surface area contributed by atoms with Gasteiger partial charge in [0.2, 0.25) is 5.78 Å². The lowest BCUT2D eigenvalue weighted by atomic mass is 10.1. The van der Waals surface area contributed by atoms with Crippen molar-refractivity contribution in [1.29, 1.82) is 0 Å². The van der Waals surface area contributed by atoms with Gasteiger partial charge in [0.15, 0.2) is 5.71 Å². The third kappa shape index (κ3) is 4.52. The number of hydrogen-bond donors (Lipinski definition) is 1. The molecule has 4 nitrogen and oxygen atoms in total. The van der Waals surface area contributed by atoms with Gasteiger partial charge in [-0.05, 0) is 12.7 Å². The molecule has 0 amide bonds. The topological polar surface area (TPSA) is 62.0 Å². The summed E-state index contributed by atoms with van der Waals surface area (Å²) < 4.78 is 0. The number of thioether (sulfide) groups is 1. The van der Waals surface area contributed by atoms with Crippen LogP contribution in [-0.4, -0.2) is 34.5 Å². The van der Waals surface area contributed by atoms with Crippen molar-refractivity contribution in [3.05, 3.63) is 35.9 Å². The summed E-state index contributed by atoms with van der Waals surface area (Å²) >= 11 is 1.31. The van der Waals surface area contributed by atoms with E-state index in [4.69, 9.17) is 5.21 Å². The molecular formula is C14H18N2O2S. The first-order chi connectivity index (χ1) is 9.24. The maximum atomic E-state index is 12.2. The smallest absolute Gasteiger partial charge is 0.217 e. The average molecular weight is 278 g/mol. The SMILES string of the molecule is CCCCN=C(SC)/C(=N/O)C(=O)c1ccccc1. The Labute approximate surface area is 117 Å². The van der Waals surface area contributed by atoms with E-state index >= 15 is 0 Å². The number of benzene rings is 1. The van der Waals surface area contributed by atoms with Crippen molar-refractivity contribution in [2.24, 2.45) is 10.1 Å². The molecule has 1 rings (SSSR count). The number of Topliss-reactive ketones (excluding diaryl/α,β-unsaturated/α-hetero) is 1. The van der Waals surface area contributed by atoms with E-state index in [9.17, 15) is 4.79 Å². The van der Waals surface area contributed by atoms with Crippen LogP contribution >= 0.6 is 11.8 Å². The van der Waals surface area contributed by atoms with Crippen molar-refractivity contribution >= 4 is 28.3 Å². The fourth-order valence-electron chi connectivity index (χ4n) is 1.49. The molecule has 0 saturated heterocycles. The number of rotatable bonds is 6. The lowest BCUT2D eigenvalue weighted by molar-refractivity contribution is 0.106. The molecule has 1 aromatic carbocycles. The van der Waals surface area contributed by atoms with Crippen LogP contribution in [-0.2, 0) is 0 Å². The summed E-state index contributed by atoms with van der Waals surface area (Å²) in [6.07, 6.45) is 3.79. The van der Waals surface area contributed by atoms with Crippen molar-refractivity contribution in [2.45, 2.75) is 19.8 Å². The lowest BCUT2D eigenvalue weighted by Crippen LogP contribution is -2.22. The number of carbonyl (C=O) groups is 1. The Morgan fingerprint density at radius 2 is 2.00 bits per heavy atom. The zero-order chi connectivity index (χ0) is 14.1. The summed E-state index contributed by atoms with van der Waals surface area (Å²) in [5.74, 6) is -0.312. The summed E-state index contributed by atoms with van der Waals surface area (Å²) in [5.41, 5.74) is 0.502. The van der Waals surface area contributed by atoms with Gasteiger partial charge in [-0.25, -0.2) is 0 Å². The van der Waals surface area contributed by atoms with Crippen LogP contribution in [0.5, 0.6) is 0 Å². The number of carbonyl (C=O) groups excluding carboxylic acids is 1. The molecular weight excluding hydrogens is 260 g/mol. The van der Waals surface area contributed by atoms with Gasteiger partial charge in [-0.3, -0.25) is 9.79 Å². The van der Waals surface area contributed by atoms with Gasteiger partial charge in [0.25, 0.3) is 0 Å². The van der Waals surface area contributed by atoms with Crippen LogP contribution in [0.15, 0.2) is 40.5 Å². The van der Waals surface area contributed by atoms with Crippen LogP contribution in [0.2, 0.25) is 0 Å². The molecule has 0 aromatic heterocycles. The molecule has 0 fully saturated rings. The van der Waals surface area contributed by atoms with Gasteiger partial charge < -0.3 is 5.21 Å². The average Bonchev–Trinajstić information content (AvgIpc) is 2.47. The van der Waals surface area contributed by atoms with E-state index in [1.165, 1.54) is 11.8 Å². The van der Waals surface area contributed by atoms with Crippen molar-refractivity contribution in [3.8, 4) is 0 Å². The quantitative estimate of drug-likeness (QED) is 0.217. The maximum absolute atomic E-state index is 12.2. The molecule has 19 heavy (non-hydrogen) atoms. The van der Waals surface area contributed by atoms with E-state index in [0.717, 1.165) is 12.8 Å². The fraction of sp³-hybridized carbons (Fsp3) is 0.357. The van der Waals surface area contributed by atoms with E-state index in [-0.39, 0.29) is 11.5 Å². The Morgan fingerprint density at radius 3 is 2.53 bits per heavy atom. The molecule has 0 aliphatic rings. The number of aliphatic imine (C=N–C) groups is 1. The zero-order valence-corrected chi connectivity index (χ0v) is 12.0. The van der Waals surface area contributed by atoms with Crippen molar-refractivity contribution in [1.82, 2.24) is 0 Å². The van der Waals surface area contributed by atoms with E-state index in [2.05, 4.69) is 17.1 Å². The second-order valence-corrected chi connectivity index (χ2v) is 4.68. The van der Waals surface area contributed by atoms with E-state index in [1.807, 2.05) is 12.3 Å². The normalized spacial score (nSPS) is 12.5. The monoisotopic (exact) mass is 278 g/mol. The first-order valence-electron chi connectivity index (χ1n) is 6.15. The number of nitrogens with zero attached hydrogens (tertiary/aromatic N) is 2. The Kier molecular flexibility index (Phi) is 6.89. The van der Waals surface area contributed by atoms with Crippen LogP contribution in [0.25, 0.3) is 0 Å². The molecule has 0 heterocycles. The highest BCUT2D eigenvalue weighted by Gasteiger charge is 2.19. The van der Waals surface area contributed by atoms with Gasteiger partial charge in [0, 0.05) is 12.1 Å². The maximum Gasteiger partial charge on any atom is 0.217 e. The molecule has 0 aliphatic carbocycles. The van der Waals surface area contributed by atoms with Crippen molar-refractivity contribution in [2.75, 3.05) is 12.8 Å². The van der Waals surface area contributed by atoms with Gasteiger partial charge in [0.05, 0.1) is 0 Å². The van der Waals surface area contributed by atoms with Gasteiger partial charge in [0.1, 0.15) is 5.04 Å². The largest absolute Gasteiger partial charge is 0.410 e. The summed E-state index contributed by atoms with van der Waals surface area (Å²) in [5, 5.41) is 12.7. The molecule has 0 radical (unpaired) electrons. The highest BCUT2D eigenvalue weighted by Crippen LogP contribution is 2.09.